The largest absolute Gasteiger partial charge is 0.371 e. The third-order valence-corrected chi connectivity index (χ3v) is 6.99. The Labute approximate surface area is 177 Å². The molecule has 156 valence electrons. The van der Waals surface area contributed by atoms with Crippen molar-refractivity contribution in [1.29, 1.82) is 0 Å². The molecule has 2 aromatic carbocycles. The van der Waals surface area contributed by atoms with E-state index in [0.717, 1.165) is 18.7 Å². The van der Waals surface area contributed by atoms with Crippen LogP contribution in [0.3, 0.4) is 0 Å². The summed E-state index contributed by atoms with van der Waals surface area (Å²) < 4.78 is 27.2. The Morgan fingerprint density at radius 2 is 1.76 bits per heavy atom. The number of halogens is 1. The van der Waals surface area contributed by atoms with Crippen LogP contribution in [0.4, 0.5) is 5.69 Å². The van der Waals surface area contributed by atoms with Gasteiger partial charge in [-0.25, -0.2) is 13.1 Å². The Morgan fingerprint density at radius 1 is 1.10 bits per heavy atom. The summed E-state index contributed by atoms with van der Waals surface area (Å²) in [4.78, 5) is 16.5. The van der Waals surface area contributed by atoms with E-state index in [1.54, 1.807) is 24.1 Å². The molecule has 1 heterocycles. The van der Waals surface area contributed by atoms with E-state index in [4.69, 9.17) is 11.6 Å². The molecule has 1 amide bonds. The molecule has 0 saturated carbocycles. The molecule has 0 radical (unpaired) electrons. The van der Waals surface area contributed by atoms with E-state index < -0.39 is 10.0 Å². The van der Waals surface area contributed by atoms with Gasteiger partial charge in [0, 0.05) is 45.3 Å². The van der Waals surface area contributed by atoms with Gasteiger partial charge in [-0.1, -0.05) is 41.9 Å². The van der Waals surface area contributed by atoms with Crippen molar-refractivity contribution >= 4 is 33.2 Å². The molecule has 0 aliphatic carbocycles. The fourth-order valence-corrected chi connectivity index (χ4v) is 5.03. The van der Waals surface area contributed by atoms with E-state index in [-0.39, 0.29) is 28.8 Å². The second-order valence-corrected chi connectivity index (χ2v) is 9.29. The molecular weight excluding hydrogens is 410 g/mol. The molecule has 0 spiro atoms. The number of carbonyl (C=O) groups excluding carboxylic acids is 1. The summed E-state index contributed by atoms with van der Waals surface area (Å²) in [6.45, 7) is 2.59. The van der Waals surface area contributed by atoms with Crippen LogP contribution in [0.1, 0.15) is 24.8 Å². The minimum absolute atomic E-state index is 0.0158. The Morgan fingerprint density at radius 3 is 2.48 bits per heavy atom. The molecule has 29 heavy (non-hydrogen) atoms. The maximum atomic E-state index is 12.5. The molecule has 0 unspecified atom stereocenters. The van der Waals surface area contributed by atoms with Crippen molar-refractivity contribution in [3.63, 3.8) is 0 Å². The van der Waals surface area contributed by atoms with E-state index in [1.165, 1.54) is 30.7 Å². The van der Waals surface area contributed by atoms with Gasteiger partial charge in [0.05, 0.1) is 5.02 Å². The van der Waals surface area contributed by atoms with Gasteiger partial charge in [-0.3, -0.25) is 4.79 Å². The Bertz CT molecular complexity index is 959. The molecule has 0 atom stereocenters. The lowest BCUT2D eigenvalue weighted by molar-refractivity contribution is -0.130. The number of hydrogen-bond donors (Lipinski definition) is 1. The summed E-state index contributed by atoms with van der Waals surface area (Å²) in [6, 6.07) is 14.4. The maximum absolute atomic E-state index is 12.5. The molecule has 8 heteroatoms. The molecule has 0 bridgehead atoms. The second-order valence-electron chi connectivity index (χ2n) is 7.15. The lowest BCUT2D eigenvalue weighted by atomic mass is 10.1. The van der Waals surface area contributed by atoms with Crippen LogP contribution < -0.4 is 9.62 Å². The van der Waals surface area contributed by atoms with Crippen LogP contribution in [0, 0.1) is 0 Å². The average molecular weight is 436 g/mol. The molecule has 3 rings (SSSR count). The van der Waals surface area contributed by atoms with Crippen molar-refractivity contribution in [1.82, 2.24) is 9.62 Å². The number of anilines is 1. The molecule has 1 fully saturated rings. The second kappa shape index (κ2) is 9.61. The van der Waals surface area contributed by atoms with Gasteiger partial charge in [0.1, 0.15) is 4.90 Å². The van der Waals surface area contributed by atoms with Crippen molar-refractivity contribution in [2.75, 3.05) is 31.6 Å². The van der Waals surface area contributed by atoms with Gasteiger partial charge in [-0.05, 0) is 36.6 Å². The topological polar surface area (TPSA) is 69.7 Å². The predicted molar refractivity (Wildman–Crippen MR) is 116 cm³/mol. The first-order valence-electron chi connectivity index (χ1n) is 9.69. The summed E-state index contributed by atoms with van der Waals surface area (Å²) >= 11 is 5.96. The van der Waals surface area contributed by atoms with Crippen LogP contribution >= 0.6 is 11.6 Å². The number of hydrogen-bond acceptors (Lipinski definition) is 4. The summed E-state index contributed by atoms with van der Waals surface area (Å²) in [5.41, 5.74) is 2.27. The van der Waals surface area contributed by atoms with Gasteiger partial charge < -0.3 is 9.80 Å². The first-order valence-corrected chi connectivity index (χ1v) is 11.6. The third kappa shape index (κ3) is 5.50. The molecule has 0 aromatic heterocycles. The predicted octanol–water partition coefficient (Wildman–Crippen LogP) is 3.27. The van der Waals surface area contributed by atoms with E-state index in [0.29, 0.717) is 6.54 Å². The molecule has 1 saturated heterocycles. The number of nitrogens with one attached hydrogen (secondary N) is 1. The number of para-hydroxylation sites is 1. The highest BCUT2D eigenvalue weighted by Gasteiger charge is 2.20. The van der Waals surface area contributed by atoms with E-state index in [1.807, 2.05) is 18.2 Å². The quantitative estimate of drug-likeness (QED) is 0.690. The first-order chi connectivity index (χ1) is 13.9. The molecule has 1 aliphatic rings. The van der Waals surface area contributed by atoms with Crippen LogP contribution in [0.2, 0.25) is 5.02 Å². The van der Waals surface area contributed by atoms with Crippen molar-refractivity contribution in [3.05, 3.63) is 59.1 Å². The van der Waals surface area contributed by atoms with Gasteiger partial charge in [0.25, 0.3) is 0 Å². The van der Waals surface area contributed by atoms with E-state index >= 15 is 0 Å². The number of nitrogens with zero attached hydrogens (tertiary/aromatic N) is 2. The zero-order chi connectivity index (χ0) is 20.9. The van der Waals surface area contributed by atoms with Gasteiger partial charge in [0.15, 0.2) is 0 Å². The first kappa shape index (κ1) is 21.6. The van der Waals surface area contributed by atoms with Gasteiger partial charge >= 0.3 is 0 Å². The van der Waals surface area contributed by atoms with Crippen molar-refractivity contribution in [3.8, 4) is 0 Å². The summed E-state index contributed by atoms with van der Waals surface area (Å²) in [6.07, 6.45) is 2.45. The van der Waals surface area contributed by atoms with Gasteiger partial charge in [-0.15, -0.1) is 0 Å². The van der Waals surface area contributed by atoms with Crippen LogP contribution in [0.25, 0.3) is 0 Å². The molecule has 2 aromatic rings. The highest BCUT2D eigenvalue weighted by atomic mass is 35.5. The molecular formula is C21H26ClN3O3S. The third-order valence-electron chi connectivity index (χ3n) is 5.03. The van der Waals surface area contributed by atoms with Crippen molar-refractivity contribution < 1.29 is 13.2 Å². The SMILES string of the molecule is CN(Cc1ccccc1N1CCCC1)C(=O)CCNS(=O)(=O)c1ccccc1Cl. The Kier molecular flexibility index (Phi) is 7.16. The normalized spacial score (nSPS) is 14.2. The van der Waals surface area contributed by atoms with E-state index in [9.17, 15) is 13.2 Å². The lowest BCUT2D eigenvalue weighted by Crippen LogP contribution is -2.32. The molecule has 6 nitrogen and oxygen atoms in total. The fourth-order valence-electron chi connectivity index (χ4n) is 3.48. The minimum atomic E-state index is -3.75. The Balaban J connectivity index is 1.56. The highest BCUT2D eigenvalue weighted by molar-refractivity contribution is 7.89. The number of rotatable bonds is 8. The van der Waals surface area contributed by atoms with Crippen LogP contribution in [-0.2, 0) is 21.4 Å². The number of amides is 1. The highest BCUT2D eigenvalue weighted by Crippen LogP contribution is 2.25. The van der Waals surface area contributed by atoms with Gasteiger partial charge in [0.2, 0.25) is 15.9 Å². The minimum Gasteiger partial charge on any atom is -0.371 e. The van der Waals surface area contributed by atoms with Crippen molar-refractivity contribution in [2.45, 2.75) is 30.7 Å². The number of sulfonamides is 1. The molecule has 1 aliphatic heterocycles. The summed E-state index contributed by atoms with van der Waals surface area (Å²) in [5.74, 6) is -0.122. The molecule has 1 N–H and O–H groups in total. The van der Waals surface area contributed by atoms with Crippen LogP contribution in [0.5, 0.6) is 0 Å². The zero-order valence-electron chi connectivity index (χ0n) is 16.5. The van der Waals surface area contributed by atoms with Crippen LogP contribution in [0.15, 0.2) is 53.4 Å². The summed E-state index contributed by atoms with van der Waals surface area (Å²) in [5, 5.41) is 0.155. The smallest absolute Gasteiger partial charge is 0.242 e. The van der Waals surface area contributed by atoms with E-state index in [2.05, 4.69) is 15.7 Å². The zero-order valence-corrected chi connectivity index (χ0v) is 18.0. The Hall–Kier alpha value is -2.09. The van der Waals surface area contributed by atoms with Crippen LogP contribution in [-0.4, -0.2) is 45.9 Å². The monoisotopic (exact) mass is 435 g/mol. The lowest BCUT2D eigenvalue weighted by Gasteiger charge is -2.24. The maximum Gasteiger partial charge on any atom is 0.242 e. The van der Waals surface area contributed by atoms with Gasteiger partial charge in [-0.2, -0.15) is 0 Å². The summed E-state index contributed by atoms with van der Waals surface area (Å²) in [7, 11) is -2.01. The standard InChI is InChI=1S/C21H26ClN3O3S/c1-24(16-17-8-2-4-10-19(17)25-14-6-7-15-25)21(26)12-13-23-29(27,28)20-11-5-3-9-18(20)22/h2-5,8-11,23H,6-7,12-16H2,1H3. The number of carbonyl (C=O) groups is 1. The number of benzene rings is 2. The average Bonchev–Trinajstić information content (AvgIpc) is 3.23. The fraction of sp³-hybridized carbons (Fsp3) is 0.381. The van der Waals surface area contributed by atoms with Crippen molar-refractivity contribution in [2.24, 2.45) is 0 Å².